The minimum atomic E-state index is -1.45. The molecule has 1 unspecified atom stereocenters. The van der Waals surface area contributed by atoms with E-state index in [1.807, 2.05) is 30.3 Å². The van der Waals surface area contributed by atoms with Crippen LogP contribution < -0.4 is 5.32 Å². The van der Waals surface area contributed by atoms with E-state index in [2.05, 4.69) is 10.3 Å². The van der Waals surface area contributed by atoms with E-state index in [1.165, 1.54) is 11.8 Å². The average Bonchev–Trinajstić information content (AvgIpc) is 2.97. The summed E-state index contributed by atoms with van der Waals surface area (Å²) in [5.41, 5.74) is 0.985. The first-order chi connectivity index (χ1) is 10.1. The number of benzene rings is 1. The van der Waals surface area contributed by atoms with E-state index >= 15 is 0 Å². The third-order valence-corrected chi connectivity index (χ3v) is 4.07. The lowest BCUT2D eigenvalue weighted by Crippen LogP contribution is -2.36. The van der Waals surface area contributed by atoms with Gasteiger partial charge in [-0.25, -0.2) is 4.79 Å². The van der Waals surface area contributed by atoms with Gasteiger partial charge in [0.25, 0.3) is 0 Å². The molecule has 2 rings (SSSR count). The van der Waals surface area contributed by atoms with Gasteiger partial charge in [-0.2, -0.15) is 0 Å². The molecule has 0 saturated heterocycles. The van der Waals surface area contributed by atoms with E-state index in [0.29, 0.717) is 5.75 Å². The van der Waals surface area contributed by atoms with Crippen molar-refractivity contribution in [3.05, 3.63) is 35.9 Å². The molecule has 0 bridgehead atoms. The van der Waals surface area contributed by atoms with Gasteiger partial charge in [-0.05, 0) is 0 Å². The van der Waals surface area contributed by atoms with Gasteiger partial charge in [0, 0.05) is 24.3 Å². The standard InChI is InChI=1S/C14H16N2O4S/c17-11(14(19)20)6-7-15-12(18)10-8-21-13(16-10)9-4-2-1-3-5-9/h1-5,10-11,17H,6-8H2,(H,15,18)(H,19,20)/t10?,11-/m0/s1. The van der Waals surface area contributed by atoms with Gasteiger partial charge in [0.15, 0.2) is 6.10 Å². The van der Waals surface area contributed by atoms with Crippen LogP contribution in [0.25, 0.3) is 0 Å². The minimum Gasteiger partial charge on any atom is -0.479 e. The highest BCUT2D eigenvalue weighted by Crippen LogP contribution is 2.23. The lowest BCUT2D eigenvalue weighted by Gasteiger charge is -2.09. The van der Waals surface area contributed by atoms with E-state index in [9.17, 15) is 9.59 Å². The molecular formula is C14H16N2O4S. The van der Waals surface area contributed by atoms with Crippen LogP contribution in [0.1, 0.15) is 12.0 Å². The van der Waals surface area contributed by atoms with Gasteiger partial charge >= 0.3 is 5.97 Å². The summed E-state index contributed by atoms with van der Waals surface area (Å²) in [6, 6.07) is 9.16. The molecule has 1 amide bonds. The molecule has 112 valence electrons. The molecule has 1 aromatic rings. The predicted molar refractivity (Wildman–Crippen MR) is 80.5 cm³/mol. The predicted octanol–water partition coefficient (Wildman–Crippen LogP) is 0.500. The van der Waals surface area contributed by atoms with Crippen LogP contribution in [0.4, 0.5) is 0 Å². The topological polar surface area (TPSA) is 99.0 Å². The molecule has 0 radical (unpaired) electrons. The number of rotatable bonds is 6. The highest BCUT2D eigenvalue weighted by Gasteiger charge is 2.25. The summed E-state index contributed by atoms with van der Waals surface area (Å²) in [5.74, 6) is -0.964. The fraction of sp³-hybridized carbons (Fsp3) is 0.357. The van der Waals surface area contributed by atoms with Gasteiger partial charge < -0.3 is 15.5 Å². The Labute approximate surface area is 126 Å². The monoisotopic (exact) mass is 308 g/mol. The number of carboxylic acids is 1. The van der Waals surface area contributed by atoms with Crippen LogP contribution >= 0.6 is 11.8 Å². The Morgan fingerprint density at radius 1 is 1.38 bits per heavy atom. The van der Waals surface area contributed by atoms with Gasteiger partial charge in [0.1, 0.15) is 6.04 Å². The van der Waals surface area contributed by atoms with Gasteiger partial charge in [-0.3, -0.25) is 9.79 Å². The van der Waals surface area contributed by atoms with Crippen molar-refractivity contribution in [2.45, 2.75) is 18.6 Å². The maximum absolute atomic E-state index is 11.9. The number of thioether (sulfide) groups is 1. The quantitative estimate of drug-likeness (QED) is 0.711. The molecule has 0 spiro atoms. The van der Waals surface area contributed by atoms with Crippen LogP contribution in [-0.2, 0) is 9.59 Å². The number of aliphatic hydroxyl groups is 1. The van der Waals surface area contributed by atoms with Crippen LogP contribution in [0, 0.1) is 0 Å². The lowest BCUT2D eigenvalue weighted by molar-refractivity contribution is -0.147. The van der Waals surface area contributed by atoms with Crippen LogP contribution in [0.2, 0.25) is 0 Å². The number of nitrogens with zero attached hydrogens (tertiary/aromatic N) is 1. The molecule has 2 atom stereocenters. The first-order valence-corrected chi connectivity index (χ1v) is 7.51. The SMILES string of the molecule is O=C(NCC[C@H](O)C(=O)O)C1CSC(c2ccccc2)=N1. The molecule has 21 heavy (non-hydrogen) atoms. The van der Waals surface area contributed by atoms with E-state index < -0.39 is 18.1 Å². The molecule has 0 aliphatic carbocycles. The molecule has 7 heteroatoms. The summed E-state index contributed by atoms with van der Waals surface area (Å²) in [5, 5.41) is 21.1. The van der Waals surface area contributed by atoms with E-state index in [-0.39, 0.29) is 18.9 Å². The van der Waals surface area contributed by atoms with Crippen molar-refractivity contribution in [2.75, 3.05) is 12.3 Å². The van der Waals surface area contributed by atoms with E-state index in [1.54, 1.807) is 0 Å². The summed E-state index contributed by atoms with van der Waals surface area (Å²) < 4.78 is 0. The summed E-state index contributed by atoms with van der Waals surface area (Å²) in [7, 11) is 0. The fourth-order valence-electron chi connectivity index (χ4n) is 1.82. The molecule has 1 aliphatic rings. The minimum absolute atomic E-state index is 0.0177. The molecule has 6 nitrogen and oxygen atoms in total. The van der Waals surface area contributed by atoms with Crippen molar-refractivity contribution in [3.63, 3.8) is 0 Å². The van der Waals surface area contributed by atoms with Crippen molar-refractivity contribution in [2.24, 2.45) is 4.99 Å². The van der Waals surface area contributed by atoms with E-state index in [0.717, 1.165) is 10.6 Å². The van der Waals surface area contributed by atoms with Crippen LogP contribution in [0.5, 0.6) is 0 Å². The number of carbonyl (C=O) groups is 2. The number of nitrogens with one attached hydrogen (secondary N) is 1. The van der Waals surface area contributed by atoms with Crippen molar-refractivity contribution in [3.8, 4) is 0 Å². The first-order valence-electron chi connectivity index (χ1n) is 6.52. The highest BCUT2D eigenvalue weighted by molar-refractivity contribution is 8.14. The van der Waals surface area contributed by atoms with Gasteiger partial charge in [-0.1, -0.05) is 30.3 Å². The second-order valence-electron chi connectivity index (χ2n) is 4.56. The number of aliphatic imine (C=N–C) groups is 1. The number of hydrogen-bond donors (Lipinski definition) is 3. The molecule has 3 N–H and O–H groups in total. The largest absolute Gasteiger partial charge is 0.479 e. The zero-order valence-corrected chi connectivity index (χ0v) is 12.0. The van der Waals surface area contributed by atoms with E-state index in [4.69, 9.17) is 10.2 Å². The number of amides is 1. The number of hydrogen-bond acceptors (Lipinski definition) is 5. The van der Waals surface area contributed by atoms with Gasteiger partial charge in [-0.15, -0.1) is 11.8 Å². The fourth-order valence-corrected chi connectivity index (χ4v) is 2.87. The number of carboxylic acid groups (broad SMARTS) is 1. The number of aliphatic hydroxyl groups excluding tert-OH is 1. The molecule has 1 aromatic carbocycles. The maximum Gasteiger partial charge on any atom is 0.332 e. The van der Waals surface area contributed by atoms with Gasteiger partial charge in [0.05, 0.1) is 5.04 Å². The molecule has 0 aromatic heterocycles. The summed E-state index contributed by atoms with van der Waals surface area (Å²) in [6.45, 7) is 0.115. The van der Waals surface area contributed by atoms with Crippen LogP contribution in [0.15, 0.2) is 35.3 Å². The Balaban J connectivity index is 1.84. The van der Waals surface area contributed by atoms with Crippen molar-refractivity contribution in [1.82, 2.24) is 5.32 Å². The molecule has 1 heterocycles. The summed E-state index contributed by atoms with van der Waals surface area (Å²) in [4.78, 5) is 26.7. The Bertz CT molecular complexity index is 547. The van der Waals surface area contributed by atoms with Crippen LogP contribution in [-0.4, -0.2) is 51.6 Å². The number of aliphatic carboxylic acids is 1. The Morgan fingerprint density at radius 2 is 2.10 bits per heavy atom. The third-order valence-electron chi connectivity index (χ3n) is 2.98. The zero-order chi connectivity index (χ0) is 15.2. The Morgan fingerprint density at radius 3 is 2.76 bits per heavy atom. The summed E-state index contributed by atoms with van der Waals surface area (Å²) >= 11 is 1.52. The Hall–Kier alpha value is -1.86. The smallest absolute Gasteiger partial charge is 0.332 e. The first kappa shape index (κ1) is 15.5. The van der Waals surface area contributed by atoms with Crippen molar-refractivity contribution >= 4 is 28.7 Å². The molecule has 0 fully saturated rings. The highest BCUT2D eigenvalue weighted by atomic mass is 32.2. The zero-order valence-electron chi connectivity index (χ0n) is 11.2. The summed E-state index contributed by atoms with van der Waals surface area (Å²) in [6.07, 6.45) is -1.47. The maximum atomic E-state index is 11.9. The number of carbonyl (C=O) groups excluding carboxylic acids is 1. The van der Waals surface area contributed by atoms with Gasteiger partial charge in [0.2, 0.25) is 5.91 Å². The van der Waals surface area contributed by atoms with Crippen molar-refractivity contribution in [1.29, 1.82) is 0 Å². The molecular weight excluding hydrogens is 292 g/mol. The second kappa shape index (κ2) is 7.24. The molecule has 0 saturated carbocycles. The average molecular weight is 308 g/mol. The van der Waals surface area contributed by atoms with Crippen LogP contribution in [0.3, 0.4) is 0 Å². The second-order valence-corrected chi connectivity index (χ2v) is 5.57. The molecule has 1 aliphatic heterocycles. The lowest BCUT2D eigenvalue weighted by atomic mass is 10.2. The van der Waals surface area contributed by atoms with Crippen molar-refractivity contribution < 1.29 is 19.8 Å². The normalized spacial score (nSPS) is 18.9. The Kier molecular flexibility index (Phi) is 5.35. The third kappa shape index (κ3) is 4.30.